The number of benzene rings is 2. The lowest BCUT2D eigenvalue weighted by Gasteiger charge is -2.29. The van der Waals surface area contributed by atoms with Crippen molar-refractivity contribution in [3.63, 3.8) is 0 Å². The zero-order valence-electron chi connectivity index (χ0n) is 15.3. The van der Waals surface area contributed by atoms with Crippen LogP contribution in [0.1, 0.15) is 0 Å². The third kappa shape index (κ3) is 3.74. The number of thiazole rings is 1. The van der Waals surface area contributed by atoms with Crippen molar-refractivity contribution in [3.8, 4) is 11.5 Å². The summed E-state index contributed by atoms with van der Waals surface area (Å²) in [6.07, 6.45) is -0.677. The van der Waals surface area contributed by atoms with Gasteiger partial charge in [-0.15, -0.1) is 0 Å². The van der Waals surface area contributed by atoms with Crippen molar-refractivity contribution in [2.75, 3.05) is 38.7 Å². The molecule has 0 unspecified atom stereocenters. The van der Waals surface area contributed by atoms with Crippen LogP contribution in [0.15, 0.2) is 48.5 Å². The first kappa shape index (κ1) is 17.8. The molecule has 2 aromatic carbocycles. The monoisotopic (exact) mass is 384 g/mol. The van der Waals surface area contributed by atoms with Crippen molar-refractivity contribution in [3.05, 3.63) is 48.5 Å². The summed E-state index contributed by atoms with van der Waals surface area (Å²) in [5, 5.41) is 0.699. The third-order valence-electron chi connectivity index (χ3n) is 4.40. The van der Waals surface area contributed by atoms with Gasteiger partial charge in [0.05, 0.1) is 37.4 Å². The van der Waals surface area contributed by atoms with Gasteiger partial charge in [-0.1, -0.05) is 35.6 Å². The summed E-state index contributed by atoms with van der Waals surface area (Å²) in [4.78, 5) is 20.9. The van der Waals surface area contributed by atoms with Gasteiger partial charge in [0.1, 0.15) is 6.61 Å². The van der Waals surface area contributed by atoms with E-state index in [0.29, 0.717) is 23.2 Å². The first-order valence-corrected chi connectivity index (χ1v) is 9.78. The number of fused-ring (bicyclic) bond motifs is 2. The first-order chi connectivity index (χ1) is 13.1. The minimum atomic E-state index is -0.677. The highest BCUT2D eigenvalue weighted by atomic mass is 32.1. The SMILES string of the molecule is C[NH+](C)CCN(C(=O)[C@@H]1COc2ccccc2O1)c1nc2ccccc2s1. The number of quaternary nitrogens is 1. The van der Waals surface area contributed by atoms with E-state index in [2.05, 4.69) is 19.1 Å². The fourth-order valence-electron chi connectivity index (χ4n) is 2.93. The van der Waals surface area contributed by atoms with Crippen LogP contribution in [0.3, 0.4) is 0 Å². The second-order valence-electron chi connectivity index (χ2n) is 6.78. The highest BCUT2D eigenvalue weighted by Crippen LogP contribution is 2.33. The van der Waals surface area contributed by atoms with E-state index < -0.39 is 6.10 Å². The van der Waals surface area contributed by atoms with Gasteiger partial charge in [0.2, 0.25) is 6.10 Å². The molecule has 3 aromatic rings. The Bertz CT molecular complexity index is 923. The Hall–Kier alpha value is -2.64. The fraction of sp³-hybridized carbons (Fsp3) is 0.300. The van der Waals surface area contributed by atoms with Crippen LogP contribution in [0.5, 0.6) is 11.5 Å². The Morgan fingerprint density at radius 3 is 2.70 bits per heavy atom. The largest absolute Gasteiger partial charge is 0.485 e. The van der Waals surface area contributed by atoms with E-state index in [-0.39, 0.29) is 12.5 Å². The van der Waals surface area contributed by atoms with Gasteiger partial charge in [0.25, 0.3) is 5.91 Å². The molecule has 1 aliphatic heterocycles. The molecular formula is C20H22N3O3S+. The van der Waals surface area contributed by atoms with Crippen LogP contribution < -0.4 is 19.3 Å². The van der Waals surface area contributed by atoms with Gasteiger partial charge in [-0.05, 0) is 24.3 Å². The molecule has 6 nitrogen and oxygen atoms in total. The van der Waals surface area contributed by atoms with E-state index in [0.717, 1.165) is 16.8 Å². The van der Waals surface area contributed by atoms with Gasteiger partial charge in [-0.2, -0.15) is 0 Å². The Labute approximate surface area is 161 Å². The quantitative estimate of drug-likeness (QED) is 0.726. The topological polar surface area (TPSA) is 56.1 Å². The van der Waals surface area contributed by atoms with Crippen LogP contribution in [-0.2, 0) is 4.79 Å². The smallest absolute Gasteiger partial charge is 0.273 e. The molecule has 1 aliphatic rings. The van der Waals surface area contributed by atoms with Gasteiger partial charge < -0.3 is 14.4 Å². The average molecular weight is 384 g/mol. The second kappa shape index (κ2) is 7.54. The second-order valence-corrected chi connectivity index (χ2v) is 7.78. The molecule has 0 bridgehead atoms. The summed E-state index contributed by atoms with van der Waals surface area (Å²) in [5.74, 6) is 1.15. The number of carbonyl (C=O) groups is 1. The predicted octanol–water partition coefficient (Wildman–Crippen LogP) is 1.61. The van der Waals surface area contributed by atoms with Gasteiger partial charge in [-0.3, -0.25) is 9.69 Å². The summed E-state index contributed by atoms with van der Waals surface area (Å²) in [6, 6.07) is 15.3. The summed E-state index contributed by atoms with van der Waals surface area (Å²) < 4.78 is 12.7. The van der Waals surface area contributed by atoms with Crippen molar-refractivity contribution in [2.24, 2.45) is 0 Å². The van der Waals surface area contributed by atoms with Crippen molar-refractivity contribution in [2.45, 2.75) is 6.10 Å². The van der Waals surface area contributed by atoms with Crippen molar-refractivity contribution in [1.29, 1.82) is 0 Å². The minimum Gasteiger partial charge on any atom is -0.485 e. The molecule has 27 heavy (non-hydrogen) atoms. The molecule has 0 fully saturated rings. The number of hydrogen-bond donors (Lipinski definition) is 1. The summed E-state index contributed by atoms with van der Waals surface area (Å²) in [7, 11) is 4.13. The van der Waals surface area contributed by atoms with Crippen LogP contribution >= 0.6 is 11.3 Å². The molecule has 4 rings (SSSR count). The average Bonchev–Trinajstić information content (AvgIpc) is 3.11. The maximum atomic E-state index is 13.3. The lowest BCUT2D eigenvalue weighted by molar-refractivity contribution is -0.856. The van der Waals surface area contributed by atoms with Crippen LogP contribution in [0, 0.1) is 0 Å². The molecule has 0 radical (unpaired) electrons. The van der Waals surface area contributed by atoms with Crippen molar-refractivity contribution < 1.29 is 19.2 Å². The van der Waals surface area contributed by atoms with Crippen LogP contribution in [0.25, 0.3) is 10.2 Å². The normalized spacial score (nSPS) is 15.9. The van der Waals surface area contributed by atoms with Gasteiger partial charge in [0.15, 0.2) is 16.6 Å². The molecule has 1 aromatic heterocycles. The van der Waals surface area contributed by atoms with E-state index >= 15 is 0 Å². The van der Waals surface area contributed by atoms with Crippen LogP contribution in [0.2, 0.25) is 0 Å². The number of hydrogen-bond acceptors (Lipinski definition) is 5. The highest BCUT2D eigenvalue weighted by molar-refractivity contribution is 7.22. The van der Waals surface area contributed by atoms with E-state index in [1.165, 1.54) is 16.2 Å². The van der Waals surface area contributed by atoms with Crippen molar-refractivity contribution >= 4 is 32.6 Å². The van der Waals surface area contributed by atoms with E-state index in [4.69, 9.17) is 9.47 Å². The van der Waals surface area contributed by atoms with Crippen LogP contribution in [0.4, 0.5) is 5.13 Å². The molecule has 0 aliphatic carbocycles. The Morgan fingerprint density at radius 1 is 1.19 bits per heavy atom. The molecule has 0 spiro atoms. The number of carbonyl (C=O) groups excluding carboxylic acids is 1. The fourth-order valence-corrected chi connectivity index (χ4v) is 3.92. The number of aromatic nitrogens is 1. The number of likely N-dealkylation sites (N-methyl/N-ethyl adjacent to an activating group) is 1. The Kier molecular flexibility index (Phi) is 4.96. The number of ether oxygens (including phenoxy) is 2. The third-order valence-corrected chi connectivity index (χ3v) is 5.46. The number of nitrogens with one attached hydrogen (secondary N) is 1. The van der Waals surface area contributed by atoms with Gasteiger partial charge >= 0.3 is 0 Å². The molecular weight excluding hydrogens is 362 g/mol. The number of amides is 1. The van der Waals surface area contributed by atoms with Crippen LogP contribution in [-0.4, -0.2) is 50.8 Å². The van der Waals surface area contributed by atoms with Gasteiger partial charge in [0, 0.05) is 0 Å². The maximum Gasteiger partial charge on any atom is 0.273 e. The standard InChI is InChI=1S/C20H21N3O3S/c1-22(2)11-12-23(20-21-14-7-3-6-10-18(14)27-20)19(24)17-13-25-15-8-4-5-9-16(15)26-17/h3-10,17H,11-13H2,1-2H3/p+1/t17-/m0/s1. The molecule has 7 heteroatoms. The molecule has 1 atom stereocenters. The minimum absolute atomic E-state index is 0.121. The zero-order valence-corrected chi connectivity index (χ0v) is 16.2. The molecule has 0 saturated heterocycles. The maximum absolute atomic E-state index is 13.3. The summed E-state index contributed by atoms with van der Waals surface area (Å²) in [5.41, 5.74) is 0.902. The lowest BCUT2D eigenvalue weighted by Crippen LogP contribution is -3.06. The summed E-state index contributed by atoms with van der Waals surface area (Å²) >= 11 is 1.52. The highest BCUT2D eigenvalue weighted by Gasteiger charge is 2.33. The predicted molar refractivity (Wildman–Crippen MR) is 106 cm³/mol. The molecule has 0 saturated carbocycles. The summed E-state index contributed by atoms with van der Waals surface area (Å²) in [6.45, 7) is 1.58. The van der Waals surface area contributed by atoms with Crippen molar-refractivity contribution in [1.82, 2.24) is 4.98 Å². The number of rotatable bonds is 5. The van der Waals surface area contributed by atoms with Gasteiger partial charge in [-0.25, -0.2) is 4.98 Å². The number of para-hydroxylation sites is 3. The molecule has 140 valence electrons. The Morgan fingerprint density at radius 2 is 1.93 bits per heavy atom. The molecule has 1 N–H and O–H groups in total. The molecule has 1 amide bonds. The van der Waals surface area contributed by atoms with E-state index in [1.807, 2.05) is 48.5 Å². The molecule has 2 heterocycles. The number of nitrogens with zero attached hydrogens (tertiary/aromatic N) is 2. The Balaban J connectivity index is 1.61. The van der Waals surface area contributed by atoms with E-state index in [1.54, 1.807) is 4.90 Å². The van der Waals surface area contributed by atoms with E-state index in [9.17, 15) is 4.79 Å². The number of anilines is 1. The first-order valence-electron chi connectivity index (χ1n) is 8.96. The zero-order chi connectivity index (χ0) is 18.8. The lowest BCUT2D eigenvalue weighted by atomic mass is 10.2.